The lowest BCUT2D eigenvalue weighted by Gasteiger charge is -2.07. The molecule has 3 rings (SSSR count). The first-order valence-corrected chi connectivity index (χ1v) is 8.87. The normalized spacial score (nSPS) is 10.5. The number of benzene rings is 2. The van der Waals surface area contributed by atoms with Gasteiger partial charge in [0.15, 0.2) is 0 Å². The molecular formula is C17H16ClN5S. The second-order valence-corrected chi connectivity index (χ2v) is 6.47. The smallest absolute Gasteiger partial charge is 0.232 e. The van der Waals surface area contributed by atoms with Gasteiger partial charge >= 0.3 is 0 Å². The fourth-order valence-corrected chi connectivity index (χ4v) is 3.02. The van der Waals surface area contributed by atoms with Crippen LogP contribution in [0.25, 0.3) is 0 Å². The van der Waals surface area contributed by atoms with E-state index in [9.17, 15) is 0 Å². The summed E-state index contributed by atoms with van der Waals surface area (Å²) in [6.45, 7) is 0. The Kier molecular flexibility index (Phi) is 5.51. The molecule has 0 aliphatic carbocycles. The van der Waals surface area contributed by atoms with Crippen molar-refractivity contribution in [3.8, 4) is 0 Å². The highest BCUT2D eigenvalue weighted by molar-refractivity contribution is 7.97. The maximum atomic E-state index is 5.89. The second kappa shape index (κ2) is 7.99. The summed E-state index contributed by atoms with van der Waals surface area (Å²) in [5, 5.41) is 3.87. The van der Waals surface area contributed by atoms with Gasteiger partial charge in [-0.25, -0.2) is 0 Å². The Labute approximate surface area is 149 Å². The summed E-state index contributed by atoms with van der Waals surface area (Å²) in [7, 11) is 0. The van der Waals surface area contributed by atoms with Crippen molar-refractivity contribution in [2.24, 2.45) is 0 Å². The standard InChI is InChI=1S/C17H16ClN5S/c18-13-8-6-12(7-9-13)10-24-11-15-21-16(19)23-17(22-15)20-14-4-2-1-3-5-14/h1-9H,10-11H2,(H3,19,20,21,22,23). The monoisotopic (exact) mass is 357 g/mol. The number of halogens is 1. The van der Waals surface area contributed by atoms with Gasteiger partial charge in [-0.3, -0.25) is 0 Å². The van der Waals surface area contributed by atoms with Crippen molar-refractivity contribution in [1.82, 2.24) is 15.0 Å². The topological polar surface area (TPSA) is 76.7 Å². The quantitative estimate of drug-likeness (QED) is 0.685. The Morgan fingerprint density at radius 2 is 1.67 bits per heavy atom. The van der Waals surface area contributed by atoms with Crippen molar-refractivity contribution in [2.75, 3.05) is 11.1 Å². The predicted octanol–water partition coefficient (Wildman–Crippen LogP) is 4.28. The molecule has 0 spiro atoms. The molecule has 0 bridgehead atoms. The summed E-state index contributed by atoms with van der Waals surface area (Å²) in [5.41, 5.74) is 7.89. The number of hydrogen-bond acceptors (Lipinski definition) is 6. The molecular weight excluding hydrogens is 342 g/mol. The van der Waals surface area contributed by atoms with Gasteiger partial charge in [-0.1, -0.05) is 41.9 Å². The van der Waals surface area contributed by atoms with Crippen molar-refractivity contribution in [2.45, 2.75) is 11.5 Å². The van der Waals surface area contributed by atoms with Gasteiger partial charge in [0.1, 0.15) is 5.82 Å². The molecule has 0 fully saturated rings. The zero-order chi connectivity index (χ0) is 16.8. The number of nitrogens with two attached hydrogens (primary N) is 1. The lowest BCUT2D eigenvalue weighted by atomic mass is 10.2. The summed E-state index contributed by atoms with van der Waals surface area (Å²) >= 11 is 7.60. The predicted molar refractivity (Wildman–Crippen MR) is 100 cm³/mol. The summed E-state index contributed by atoms with van der Waals surface area (Å²) in [5.74, 6) is 2.82. The van der Waals surface area contributed by atoms with Crippen LogP contribution in [-0.4, -0.2) is 15.0 Å². The molecule has 24 heavy (non-hydrogen) atoms. The number of nitrogen functional groups attached to an aromatic ring is 1. The first-order chi connectivity index (χ1) is 11.7. The summed E-state index contributed by atoms with van der Waals surface area (Å²) in [6.07, 6.45) is 0. The van der Waals surface area contributed by atoms with E-state index in [1.807, 2.05) is 54.6 Å². The molecule has 0 aliphatic rings. The van der Waals surface area contributed by atoms with E-state index in [0.29, 0.717) is 17.5 Å². The number of nitrogens with one attached hydrogen (secondary N) is 1. The first kappa shape index (κ1) is 16.5. The molecule has 0 saturated heterocycles. The lowest BCUT2D eigenvalue weighted by Crippen LogP contribution is -2.06. The SMILES string of the molecule is Nc1nc(CSCc2ccc(Cl)cc2)nc(Nc2ccccc2)n1. The maximum absolute atomic E-state index is 5.89. The molecule has 7 heteroatoms. The van der Waals surface area contributed by atoms with Gasteiger partial charge in [0.25, 0.3) is 0 Å². The van der Waals surface area contributed by atoms with E-state index in [1.54, 1.807) is 11.8 Å². The van der Waals surface area contributed by atoms with Crippen LogP contribution in [0.2, 0.25) is 5.02 Å². The third-order valence-corrected chi connectivity index (χ3v) is 4.39. The highest BCUT2D eigenvalue weighted by Gasteiger charge is 2.05. The molecule has 2 aromatic carbocycles. The van der Waals surface area contributed by atoms with Gasteiger partial charge in [-0.2, -0.15) is 15.0 Å². The molecule has 0 atom stereocenters. The molecule has 0 radical (unpaired) electrons. The molecule has 122 valence electrons. The van der Waals surface area contributed by atoms with Crippen LogP contribution in [0.4, 0.5) is 17.6 Å². The van der Waals surface area contributed by atoms with E-state index in [1.165, 1.54) is 5.56 Å². The molecule has 3 N–H and O–H groups in total. The molecule has 5 nitrogen and oxygen atoms in total. The van der Waals surface area contributed by atoms with E-state index in [-0.39, 0.29) is 5.95 Å². The molecule has 0 saturated carbocycles. The highest BCUT2D eigenvalue weighted by atomic mass is 35.5. The molecule has 0 aliphatic heterocycles. The largest absolute Gasteiger partial charge is 0.368 e. The van der Waals surface area contributed by atoms with Crippen LogP contribution in [0, 0.1) is 0 Å². The third kappa shape index (κ3) is 4.84. The van der Waals surface area contributed by atoms with Crippen LogP contribution < -0.4 is 11.1 Å². The van der Waals surface area contributed by atoms with Crippen molar-refractivity contribution in [3.05, 3.63) is 71.0 Å². The zero-order valence-corrected chi connectivity index (χ0v) is 14.4. The van der Waals surface area contributed by atoms with Crippen LogP contribution in [0.5, 0.6) is 0 Å². The fraction of sp³-hybridized carbons (Fsp3) is 0.118. The second-order valence-electron chi connectivity index (χ2n) is 5.04. The molecule has 1 heterocycles. The van der Waals surface area contributed by atoms with Gasteiger partial charge in [-0.05, 0) is 29.8 Å². The van der Waals surface area contributed by atoms with Crippen molar-refractivity contribution in [3.63, 3.8) is 0 Å². The number of anilines is 3. The average molecular weight is 358 g/mol. The number of rotatable bonds is 6. The van der Waals surface area contributed by atoms with Crippen LogP contribution in [0.15, 0.2) is 54.6 Å². The Morgan fingerprint density at radius 1 is 0.917 bits per heavy atom. The Morgan fingerprint density at radius 3 is 2.42 bits per heavy atom. The number of hydrogen-bond donors (Lipinski definition) is 2. The average Bonchev–Trinajstić information content (AvgIpc) is 2.57. The number of thioether (sulfide) groups is 1. The van der Waals surface area contributed by atoms with Crippen molar-refractivity contribution >= 4 is 40.9 Å². The third-order valence-electron chi connectivity index (χ3n) is 3.14. The Balaban J connectivity index is 1.62. The first-order valence-electron chi connectivity index (χ1n) is 7.34. The van der Waals surface area contributed by atoms with Crippen molar-refractivity contribution < 1.29 is 0 Å². The van der Waals surface area contributed by atoms with E-state index in [0.717, 1.165) is 16.5 Å². The van der Waals surface area contributed by atoms with Crippen LogP contribution >= 0.6 is 23.4 Å². The van der Waals surface area contributed by atoms with Gasteiger partial charge in [-0.15, -0.1) is 11.8 Å². The molecule has 1 aromatic heterocycles. The van der Waals surface area contributed by atoms with E-state index in [4.69, 9.17) is 17.3 Å². The number of aromatic nitrogens is 3. The molecule has 3 aromatic rings. The van der Waals surface area contributed by atoms with Gasteiger partial charge < -0.3 is 11.1 Å². The van der Waals surface area contributed by atoms with Crippen LogP contribution in [0.3, 0.4) is 0 Å². The minimum atomic E-state index is 0.213. The number of para-hydroxylation sites is 1. The number of nitrogens with zero attached hydrogens (tertiary/aromatic N) is 3. The maximum Gasteiger partial charge on any atom is 0.232 e. The summed E-state index contributed by atoms with van der Waals surface area (Å²) in [6, 6.07) is 17.5. The summed E-state index contributed by atoms with van der Waals surface area (Å²) in [4.78, 5) is 12.7. The fourth-order valence-electron chi connectivity index (χ4n) is 2.05. The van der Waals surface area contributed by atoms with Gasteiger partial charge in [0, 0.05) is 16.5 Å². The van der Waals surface area contributed by atoms with Gasteiger partial charge in [0.2, 0.25) is 11.9 Å². The Bertz CT molecular complexity index is 796. The molecule has 0 amide bonds. The van der Waals surface area contributed by atoms with Crippen molar-refractivity contribution in [1.29, 1.82) is 0 Å². The van der Waals surface area contributed by atoms with E-state index < -0.39 is 0 Å². The minimum Gasteiger partial charge on any atom is -0.368 e. The van der Waals surface area contributed by atoms with Gasteiger partial charge in [0.05, 0.1) is 5.75 Å². The van der Waals surface area contributed by atoms with Crippen LogP contribution in [-0.2, 0) is 11.5 Å². The van der Waals surface area contributed by atoms with Crippen LogP contribution in [0.1, 0.15) is 11.4 Å². The lowest BCUT2D eigenvalue weighted by molar-refractivity contribution is 0.982. The minimum absolute atomic E-state index is 0.213. The Hall–Kier alpha value is -2.31. The highest BCUT2D eigenvalue weighted by Crippen LogP contribution is 2.19. The summed E-state index contributed by atoms with van der Waals surface area (Å²) < 4.78 is 0. The molecule has 0 unspecified atom stereocenters. The van der Waals surface area contributed by atoms with E-state index in [2.05, 4.69) is 20.3 Å². The van der Waals surface area contributed by atoms with E-state index >= 15 is 0 Å². The zero-order valence-electron chi connectivity index (χ0n) is 12.8.